The Bertz CT molecular complexity index is 371. The van der Waals surface area contributed by atoms with Crippen molar-refractivity contribution in [3.63, 3.8) is 0 Å². The van der Waals surface area contributed by atoms with Crippen molar-refractivity contribution in [1.29, 1.82) is 0 Å². The number of aliphatic hydroxyl groups excluding tert-OH is 1. The van der Waals surface area contributed by atoms with Gasteiger partial charge in [-0.05, 0) is 18.6 Å². The molecule has 5 heteroatoms. The molecule has 1 rings (SSSR count). The molecule has 0 heterocycles. The molecule has 94 valence electrons. The third-order valence-electron chi connectivity index (χ3n) is 2.24. The predicted molar refractivity (Wildman–Crippen MR) is 66.3 cm³/mol. The molecule has 17 heavy (non-hydrogen) atoms. The number of hydrogen-bond donors (Lipinski definition) is 2. The van der Waals surface area contributed by atoms with Gasteiger partial charge in [0.2, 0.25) is 0 Å². The Balaban J connectivity index is 2.38. The normalized spacial score (nSPS) is 12.2. The lowest BCUT2D eigenvalue weighted by Crippen LogP contribution is -2.28. The third kappa shape index (κ3) is 4.73. The summed E-state index contributed by atoms with van der Waals surface area (Å²) in [6.45, 7) is 0.649. The van der Waals surface area contributed by atoms with E-state index in [4.69, 9.17) is 16.3 Å². The van der Waals surface area contributed by atoms with Crippen LogP contribution >= 0.6 is 11.6 Å². The largest absolute Gasteiger partial charge is 0.391 e. The van der Waals surface area contributed by atoms with Crippen molar-refractivity contribution in [2.75, 3.05) is 20.3 Å². The molecule has 0 aliphatic carbocycles. The summed E-state index contributed by atoms with van der Waals surface area (Å²) in [6, 6.07) is 6.83. The van der Waals surface area contributed by atoms with Crippen molar-refractivity contribution in [2.24, 2.45) is 0 Å². The van der Waals surface area contributed by atoms with Gasteiger partial charge in [-0.1, -0.05) is 23.7 Å². The number of benzene rings is 1. The monoisotopic (exact) mass is 257 g/mol. The van der Waals surface area contributed by atoms with E-state index < -0.39 is 6.10 Å². The molecule has 0 fully saturated rings. The van der Waals surface area contributed by atoms with Crippen LogP contribution in [0.2, 0.25) is 5.02 Å². The molecule has 0 radical (unpaired) electrons. The first-order valence-corrected chi connectivity index (χ1v) is 5.72. The number of amides is 1. The van der Waals surface area contributed by atoms with Gasteiger partial charge in [0.05, 0.1) is 23.3 Å². The van der Waals surface area contributed by atoms with Crippen LogP contribution in [0.15, 0.2) is 24.3 Å². The highest BCUT2D eigenvalue weighted by Gasteiger charge is 2.09. The molecule has 1 unspecified atom stereocenters. The molecule has 1 aromatic carbocycles. The van der Waals surface area contributed by atoms with Crippen molar-refractivity contribution < 1.29 is 14.6 Å². The first-order chi connectivity index (χ1) is 8.15. The Kier molecular flexibility index (Phi) is 5.97. The van der Waals surface area contributed by atoms with Crippen molar-refractivity contribution in [3.8, 4) is 0 Å². The Hall–Kier alpha value is -1.10. The summed E-state index contributed by atoms with van der Waals surface area (Å²) < 4.78 is 4.78. The second-order valence-corrected chi connectivity index (χ2v) is 4.04. The summed E-state index contributed by atoms with van der Waals surface area (Å²) in [6.07, 6.45) is -0.115. The van der Waals surface area contributed by atoms with Gasteiger partial charge < -0.3 is 15.2 Å². The molecule has 0 saturated heterocycles. The van der Waals surface area contributed by atoms with Gasteiger partial charge >= 0.3 is 0 Å². The maximum absolute atomic E-state index is 11.7. The summed E-state index contributed by atoms with van der Waals surface area (Å²) in [5, 5.41) is 12.5. The number of nitrogens with one attached hydrogen (secondary N) is 1. The van der Waals surface area contributed by atoms with Crippen LogP contribution in [0.4, 0.5) is 0 Å². The number of carbonyl (C=O) groups is 1. The van der Waals surface area contributed by atoms with Crippen LogP contribution in [0.1, 0.15) is 16.8 Å². The van der Waals surface area contributed by atoms with Gasteiger partial charge in [-0.2, -0.15) is 0 Å². The Labute approximate surface area is 106 Å². The molecule has 0 aliphatic rings. The second-order valence-electron chi connectivity index (χ2n) is 3.63. The average Bonchev–Trinajstić information content (AvgIpc) is 2.29. The van der Waals surface area contributed by atoms with Crippen molar-refractivity contribution in [3.05, 3.63) is 34.9 Å². The Morgan fingerprint density at radius 1 is 1.53 bits per heavy atom. The number of methoxy groups -OCH3 is 1. The summed E-state index contributed by atoms with van der Waals surface area (Å²) in [5.74, 6) is -0.236. The molecule has 4 nitrogen and oxygen atoms in total. The van der Waals surface area contributed by atoms with Crippen molar-refractivity contribution in [1.82, 2.24) is 5.32 Å². The SMILES string of the molecule is COCC(O)CCNC(=O)c1ccccc1Cl. The number of carbonyl (C=O) groups excluding carboxylic acids is 1. The smallest absolute Gasteiger partial charge is 0.252 e. The summed E-state index contributed by atoms with van der Waals surface area (Å²) in [5.41, 5.74) is 0.440. The van der Waals surface area contributed by atoms with Gasteiger partial charge in [-0.25, -0.2) is 0 Å². The van der Waals surface area contributed by atoms with E-state index in [9.17, 15) is 9.90 Å². The minimum Gasteiger partial charge on any atom is -0.391 e. The van der Waals surface area contributed by atoms with Gasteiger partial charge in [-0.15, -0.1) is 0 Å². The van der Waals surface area contributed by atoms with Gasteiger partial charge in [-0.3, -0.25) is 4.79 Å². The zero-order valence-electron chi connectivity index (χ0n) is 9.65. The average molecular weight is 258 g/mol. The van der Waals surface area contributed by atoms with Crippen LogP contribution in [0.25, 0.3) is 0 Å². The molecule has 1 atom stereocenters. The Morgan fingerprint density at radius 3 is 2.88 bits per heavy atom. The first-order valence-electron chi connectivity index (χ1n) is 5.35. The van der Waals surface area contributed by atoms with E-state index in [0.717, 1.165) is 0 Å². The molecule has 1 aromatic rings. The highest BCUT2D eigenvalue weighted by molar-refractivity contribution is 6.33. The van der Waals surface area contributed by atoms with Gasteiger partial charge in [0, 0.05) is 13.7 Å². The first kappa shape index (κ1) is 14.0. The maximum atomic E-state index is 11.7. The quantitative estimate of drug-likeness (QED) is 0.811. The van der Waals surface area contributed by atoms with E-state index in [1.807, 2.05) is 0 Å². The van der Waals surface area contributed by atoms with E-state index in [0.29, 0.717) is 23.6 Å². The van der Waals surface area contributed by atoms with Crippen LogP contribution in [0, 0.1) is 0 Å². The number of aliphatic hydroxyl groups is 1. The van der Waals surface area contributed by atoms with Crippen LogP contribution in [0.3, 0.4) is 0 Å². The Morgan fingerprint density at radius 2 is 2.24 bits per heavy atom. The summed E-state index contributed by atoms with van der Waals surface area (Å²) in [7, 11) is 1.52. The fraction of sp³-hybridized carbons (Fsp3) is 0.417. The van der Waals surface area contributed by atoms with E-state index in [1.165, 1.54) is 7.11 Å². The lowest BCUT2D eigenvalue weighted by Gasteiger charge is -2.10. The number of hydrogen-bond acceptors (Lipinski definition) is 3. The van der Waals surface area contributed by atoms with Crippen LogP contribution in [-0.4, -0.2) is 37.4 Å². The van der Waals surface area contributed by atoms with E-state index >= 15 is 0 Å². The van der Waals surface area contributed by atoms with Crippen LogP contribution in [-0.2, 0) is 4.74 Å². The molecule has 0 aromatic heterocycles. The summed E-state index contributed by atoms with van der Waals surface area (Å²) >= 11 is 5.88. The van der Waals surface area contributed by atoms with Crippen molar-refractivity contribution >= 4 is 17.5 Å². The van der Waals surface area contributed by atoms with E-state index in [1.54, 1.807) is 24.3 Å². The van der Waals surface area contributed by atoms with E-state index in [-0.39, 0.29) is 12.5 Å². The zero-order valence-corrected chi connectivity index (χ0v) is 10.4. The summed E-state index contributed by atoms with van der Waals surface area (Å²) in [4.78, 5) is 11.7. The molecule has 0 aliphatic heterocycles. The minimum atomic E-state index is -0.563. The molecular formula is C12H16ClNO3. The lowest BCUT2D eigenvalue weighted by molar-refractivity contribution is 0.0587. The predicted octanol–water partition coefficient (Wildman–Crippen LogP) is 1.47. The van der Waals surface area contributed by atoms with Crippen LogP contribution < -0.4 is 5.32 Å². The molecular weight excluding hydrogens is 242 g/mol. The molecule has 0 saturated carbocycles. The molecule has 0 bridgehead atoms. The lowest BCUT2D eigenvalue weighted by atomic mass is 10.2. The number of ether oxygens (including phenoxy) is 1. The molecule has 0 spiro atoms. The standard InChI is InChI=1S/C12H16ClNO3/c1-17-8-9(15)6-7-14-12(16)10-4-2-3-5-11(10)13/h2-5,9,15H,6-8H2,1H3,(H,14,16). The zero-order chi connectivity index (χ0) is 12.7. The van der Waals surface area contributed by atoms with Crippen LogP contribution in [0.5, 0.6) is 0 Å². The van der Waals surface area contributed by atoms with Gasteiger partial charge in [0.25, 0.3) is 5.91 Å². The molecule has 1 amide bonds. The van der Waals surface area contributed by atoms with Gasteiger partial charge in [0.1, 0.15) is 0 Å². The maximum Gasteiger partial charge on any atom is 0.252 e. The van der Waals surface area contributed by atoms with Gasteiger partial charge in [0.15, 0.2) is 0 Å². The number of rotatable bonds is 6. The van der Waals surface area contributed by atoms with E-state index in [2.05, 4.69) is 5.32 Å². The van der Waals surface area contributed by atoms with Crippen molar-refractivity contribution in [2.45, 2.75) is 12.5 Å². The highest BCUT2D eigenvalue weighted by Crippen LogP contribution is 2.14. The second kappa shape index (κ2) is 7.27. The fourth-order valence-electron chi connectivity index (χ4n) is 1.37. The third-order valence-corrected chi connectivity index (χ3v) is 2.57. The minimum absolute atomic E-state index is 0.236. The highest BCUT2D eigenvalue weighted by atomic mass is 35.5. The number of halogens is 1. The fourth-order valence-corrected chi connectivity index (χ4v) is 1.59. The molecule has 2 N–H and O–H groups in total. The topological polar surface area (TPSA) is 58.6 Å².